The lowest BCUT2D eigenvalue weighted by atomic mass is 10.2. The smallest absolute Gasteiger partial charge is 0.123 e. The Kier molecular flexibility index (Phi) is 2.35. The molecule has 2 heterocycles. The molecule has 0 fully saturated rings. The third-order valence-electron chi connectivity index (χ3n) is 3.10. The molecule has 0 N–H and O–H groups in total. The van der Waals surface area contributed by atoms with E-state index in [1.165, 1.54) is 16.0 Å². The molecule has 0 aliphatic carbocycles. The van der Waals surface area contributed by atoms with Crippen LogP contribution in [0.5, 0.6) is 0 Å². The van der Waals surface area contributed by atoms with Gasteiger partial charge in [0.15, 0.2) is 0 Å². The van der Waals surface area contributed by atoms with Gasteiger partial charge in [-0.3, -0.25) is 0 Å². The van der Waals surface area contributed by atoms with E-state index in [4.69, 9.17) is 4.98 Å². The van der Waals surface area contributed by atoms with E-state index < -0.39 is 8.07 Å². The monoisotopic (exact) mass is 257 g/mol. The van der Waals surface area contributed by atoms with Crippen molar-refractivity contribution in [1.82, 2.24) is 4.98 Å². The lowest BCUT2D eigenvalue weighted by Gasteiger charge is -2.16. The number of thiophene rings is 1. The van der Waals surface area contributed by atoms with Crippen LogP contribution in [0, 0.1) is 0 Å². The van der Waals surface area contributed by atoms with Gasteiger partial charge in [0.25, 0.3) is 0 Å². The topological polar surface area (TPSA) is 12.9 Å². The van der Waals surface area contributed by atoms with Gasteiger partial charge in [0.1, 0.15) is 4.83 Å². The summed E-state index contributed by atoms with van der Waals surface area (Å²) in [4.78, 5) is 5.83. The van der Waals surface area contributed by atoms with Gasteiger partial charge in [-0.25, -0.2) is 4.98 Å². The summed E-state index contributed by atoms with van der Waals surface area (Å²) in [6.45, 7) is 7.14. The van der Waals surface area contributed by atoms with Crippen LogP contribution >= 0.6 is 11.3 Å². The number of pyridine rings is 1. The minimum absolute atomic E-state index is 1.11. The Morgan fingerprint density at radius 2 is 1.82 bits per heavy atom. The zero-order chi connectivity index (χ0) is 12.0. The van der Waals surface area contributed by atoms with Gasteiger partial charge < -0.3 is 0 Å². The minimum Gasteiger partial charge on any atom is -0.237 e. The third kappa shape index (κ3) is 1.89. The van der Waals surface area contributed by atoms with Gasteiger partial charge in [0, 0.05) is 10.8 Å². The summed E-state index contributed by atoms with van der Waals surface area (Å²) in [5, 5.41) is 6.14. The van der Waals surface area contributed by atoms with Crippen molar-refractivity contribution in [2.75, 3.05) is 0 Å². The average molecular weight is 257 g/mol. The Morgan fingerprint density at radius 3 is 2.59 bits per heavy atom. The molecule has 0 saturated carbocycles. The van der Waals surface area contributed by atoms with E-state index in [9.17, 15) is 0 Å². The molecule has 1 aromatic carbocycles. The molecule has 0 atom stereocenters. The van der Waals surface area contributed by atoms with Crippen molar-refractivity contribution < 1.29 is 0 Å². The van der Waals surface area contributed by atoms with Crippen LogP contribution in [0.3, 0.4) is 0 Å². The van der Waals surface area contributed by atoms with Crippen molar-refractivity contribution in [3.8, 4) is 0 Å². The molecule has 3 rings (SSSR count). The van der Waals surface area contributed by atoms with Crippen molar-refractivity contribution >= 4 is 45.7 Å². The van der Waals surface area contributed by atoms with E-state index >= 15 is 0 Å². The molecular weight excluding hydrogens is 242 g/mol. The number of hydrogen-bond acceptors (Lipinski definition) is 2. The second-order valence-corrected chi connectivity index (χ2v) is 11.4. The Balaban J connectivity index is 2.31. The van der Waals surface area contributed by atoms with Crippen molar-refractivity contribution in [3.63, 3.8) is 0 Å². The third-order valence-corrected chi connectivity index (χ3v) is 5.97. The molecule has 0 unspecified atom stereocenters. The maximum atomic E-state index is 4.69. The molecule has 0 amide bonds. The van der Waals surface area contributed by atoms with Gasteiger partial charge in [-0.05, 0) is 23.6 Å². The predicted molar refractivity (Wildman–Crippen MR) is 80.1 cm³/mol. The summed E-state index contributed by atoms with van der Waals surface area (Å²) in [5.41, 5.74) is 1.11. The first-order chi connectivity index (χ1) is 8.04. The number of rotatable bonds is 1. The SMILES string of the molecule is C[Si](C)(C)c1ccc2nc3sccc3cc2c1. The minimum atomic E-state index is -1.23. The van der Waals surface area contributed by atoms with Gasteiger partial charge >= 0.3 is 0 Å². The summed E-state index contributed by atoms with van der Waals surface area (Å²) in [6.07, 6.45) is 0. The largest absolute Gasteiger partial charge is 0.237 e. The summed E-state index contributed by atoms with van der Waals surface area (Å²) in [6, 6.07) is 11.2. The van der Waals surface area contributed by atoms with Crippen LogP contribution in [0.4, 0.5) is 0 Å². The Hall–Kier alpha value is -1.19. The van der Waals surface area contributed by atoms with Crippen molar-refractivity contribution in [2.45, 2.75) is 19.6 Å². The lowest BCUT2D eigenvalue weighted by molar-refractivity contribution is 1.54. The number of hydrogen-bond donors (Lipinski definition) is 0. The van der Waals surface area contributed by atoms with Crippen LogP contribution in [0.25, 0.3) is 21.1 Å². The summed E-state index contributed by atoms with van der Waals surface area (Å²) in [7, 11) is -1.23. The highest BCUT2D eigenvalue weighted by Gasteiger charge is 2.16. The molecular formula is C14H15NSSi. The van der Waals surface area contributed by atoms with Gasteiger partial charge in [-0.2, -0.15) is 0 Å². The fourth-order valence-electron chi connectivity index (χ4n) is 2.03. The van der Waals surface area contributed by atoms with Gasteiger partial charge in [-0.15, -0.1) is 11.3 Å². The van der Waals surface area contributed by atoms with Crippen molar-refractivity contribution in [3.05, 3.63) is 35.7 Å². The maximum Gasteiger partial charge on any atom is 0.123 e. The normalized spacial score (nSPS) is 12.4. The Labute approximate surface area is 106 Å². The number of aromatic nitrogens is 1. The first kappa shape index (κ1) is 10.9. The van der Waals surface area contributed by atoms with Crippen LogP contribution < -0.4 is 5.19 Å². The molecule has 0 saturated heterocycles. The average Bonchev–Trinajstić information content (AvgIpc) is 2.70. The second kappa shape index (κ2) is 3.65. The predicted octanol–water partition coefficient (Wildman–Crippen LogP) is 3.99. The lowest BCUT2D eigenvalue weighted by Crippen LogP contribution is -2.37. The van der Waals surface area contributed by atoms with Gasteiger partial charge in [0.05, 0.1) is 13.6 Å². The van der Waals surface area contributed by atoms with E-state index in [1.807, 2.05) is 0 Å². The van der Waals surface area contributed by atoms with E-state index in [1.54, 1.807) is 11.3 Å². The van der Waals surface area contributed by atoms with Crippen LogP contribution in [-0.4, -0.2) is 13.1 Å². The van der Waals surface area contributed by atoms with Crippen molar-refractivity contribution in [1.29, 1.82) is 0 Å². The molecule has 1 nitrogen and oxygen atoms in total. The van der Waals surface area contributed by atoms with Gasteiger partial charge in [0.2, 0.25) is 0 Å². The molecule has 17 heavy (non-hydrogen) atoms. The second-order valence-electron chi connectivity index (χ2n) is 5.46. The summed E-state index contributed by atoms with van der Waals surface area (Å²) < 4.78 is 0. The first-order valence-electron chi connectivity index (χ1n) is 5.82. The number of nitrogens with zero attached hydrogens (tertiary/aromatic N) is 1. The first-order valence-corrected chi connectivity index (χ1v) is 10.2. The molecule has 86 valence electrons. The summed E-state index contributed by atoms with van der Waals surface area (Å²) >= 11 is 1.71. The molecule has 0 spiro atoms. The quantitative estimate of drug-likeness (QED) is 0.601. The molecule has 3 heteroatoms. The number of benzene rings is 1. The van der Waals surface area contributed by atoms with E-state index in [0.29, 0.717) is 0 Å². The zero-order valence-electron chi connectivity index (χ0n) is 10.3. The van der Waals surface area contributed by atoms with E-state index in [2.05, 4.69) is 55.4 Å². The standard InChI is InChI=1S/C14H15NSSi/c1-17(2,3)12-4-5-13-11(9-12)8-10-6-7-16-14(10)15-13/h4-9H,1-3H3. The molecule has 3 aromatic rings. The molecule has 0 radical (unpaired) electrons. The summed E-state index contributed by atoms with van der Waals surface area (Å²) in [5.74, 6) is 0. The Bertz CT molecular complexity index is 694. The zero-order valence-corrected chi connectivity index (χ0v) is 12.1. The molecule has 2 aromatic heterocycles. The van der Waals surface area contributed by atoms with Crippen LogP contribution in [-0.2, 0) is 0 Å². The highest BCUT2D eigenvalue weighted by Crippen LogP contribution is 2.23. The molecule has 0 bridgehead atoms. The highest BCUT2D eigenvalue weighted by atomic mass is 32.1. The fraction of sp³-hybridized carbons (Fsp3) is 0.214. The molecule has 0 aliphatic rings. The van der Waals surface area contributed by atoms with Gasteiger partial charge in [-0.1, -0.05) is 37.0 Å². The van der Waals surface area contributed by atoms with E-state index in [0.717, 1.165) is 10.3 Å². The van der Waals surface area contributed by atoms with Crippen molar-refractivity contribution in [2.24, 2.45) is 0 Å². The number of fused-ring (bicyclic) bond motifs is 2. The van der Waals surface area contributed by atoms with Crippen LogP contribution in [0.1, 0.15) is 0 Å². The fourth-order valence-corrected chi connectivity index (χ4v) is 3.96. The Morgan fingerprint density at radius 1 is 1.00 bits per heavy atom. The maximum absolute atomic E-state index is 4.69. The molecule has 0 aliphatic heterocycles. The highest BCUT2D eigenvalue weighted by molar-refractivity contribution is 7.16. The van der Waals surface area contributed by atoms with Crippen LogP contribution in [0.2, 0.25) is 19.6 Å². The van der Waals surface area contributed by atoms with Crippen LogP contribution in [0.15, 0.2) is 35.7 Å². The van der Waals surface area contributed by atoms with E-state index in [-0.39, 0.29) is 0 Å².